The van der Waals surface area contributed by atoms with E-state index in [-0.39, 0.29) is 0 Å². The molecule has 0 bridgehead atoms. The molecule has 0 aliphatic rings. The van der Waals surface area contributed by atoms with Crippen molar-refractivity contribution in [3.05, 3.63) is 88.0 Å². The largest absolute Gasteiger partial charge is 0.226 e. The van der Waals surface area contributed by atoms with Crippen LogP contribution in [0, 0.1) is 41.5 Å². The van der Waals surface area contributed by atoms with Gasteiger partial charge in [0.05, 0.1) is 6.54 Å². The molecule has 0 atom stereocenters. The minimum absolute atomic E-state index is 0.808. The molecule has 0 radical (unpaired) electrons. The normalized spacial score (nSPS) is 11.7. The molecule has 1 nitrogen and oxygen atoms in total. The smallest absolute Gasteiger partial charge is 0.146 e. The Labute approximate surface area is 203 Å². The lowest BCUT2D eigenvalue weighted by Gasteiger charge is -2.41. The molecule has 3 rings (SSSR count). The van der Waals surface area contributed by atoms with E-state index in [2.05, 4.69) is 103 Å². The summed E-state index contributed by atoms with van der Waals surface area (Å²) in [7, 11) is 0. The third-order valence-corrected chi connectivity index (χ3v) is 7.17. The quantitative estimate of drug-likeness (QED) is 0.216. The van der Waals surface area contributed by atoms with Crippen molar-refractivity contribution in [1.29, 1.82) is 0 Å². The topological polar surface area (TPSA) is 0 Å². The highest BCUT2D eigenvalue weighted by molar-refractivity contribution is 5.77. The van der Waals surface area contributed by atoms with Crippen LogP contribution in [0.1, 0.15) is 78.8 Å². The molecule has 33 heavy (non-hydrogen) atoms. The van der Waals surface area contributed by atoms with Crippen LogP contribution >= 0.6 is 0 Å². The summed E-state index contributed by atoms with van der Waals surface area (Å²) in [4.78, 5) is 0. The highest BCUT2D eigenvalue weighted by Crippen LogP contribution is 2.49. The zero-order valence-electron chi connectivity index (χ0n) is 22.1. The molecule has 3 aromatic rings. The number of hydrogen-bond acceptors (Lipinski definition) is 0. The number of unbranched alkanes of at least 4 members (excludes halogenated alkanes) is 5. The summed E-state index contributed by atoms with van der Waals surface area (Å²) in [6, 6.07) is 21.0. The first-order valence-electron chi connectivity index (χ1n) is 12.9. The van der Waals surface area contributed by atoms with Gasteiger partial charge in [0.15, 0.2) is 0 Å². The van der Waals surface area contributed by atoms with Crippen LogP contribution in [0.2, 0.25) is 0 Å². The molecule has 0 fully saturated rings. The van der Waals surface area contributed by atoms with E-state index in [4.69, 9.17) is 0 Å². The molecule has 0 unspecified atom stereocenters. The average Bonchev–Trinajstić information content (AvgIpc) is 2.79. The van der Waals surface area contributed by atoms with Gasteiger partial charge in [-0.2, -0.15) is 0 Å². The predicted molar refractivity (Wildman–Crippen MR) is 147 cm³/mol. The molecule has 0 amide bonds. The van der Waals surface area contributed by atoms with Crippen molar-refractivity contribution in [3.63, 3.8) is 0 Å². The predicted octanol–water partition coefficient (Wildman–Crippen LogP) is 9.87. The number of rotatable bonds is 10. The van der Waals surface area contributed by atoms with Crippen molar-refractivity contribution in [1.82, 2.24) is 4.48 Å². The Hall–Kier alpha value is -2.38. The van der Waals surface area contributed by atoms with Crippen molar-refractivity contribution >= 4 is 17.1 Å². The van der Waals surface area contributed by atoms with Crippen LogP contribution in [0.4, 0.5) is 17.1 Å². The summed E-state index contributed by atoms with van der Waals surface area (Å²) in [5.41, 5.74) is 12.4. The van der Waals surface area contributed by atoms with Crippen molar-refractivity contribution in [2.75, 3.05) is 6.54 Å². The zero-order chi connectivity index (χ0) is 24.0. The van der Waals surface area contributed by atoms with E-state index in [0.29, 0.717) is 0 Å². The minimum Gasteiger partial charge on any atom is -0.226 e. The lowest BCUT2D eigenvalue weighted by Crippen LogP contribution is -2.42. The van der Waals surface area contributed by atoms with Gasteiger partial charge in [-0.3, -0.25) is 0 Å². The van der Waals surface area contributed by atoms with Gasteiger partial charge < -0.3 is 0 Å². The molecule has 0 spiro atoms. The maximum absolute atomic E-state index is 2.44. The number of hydrogen-bond donors (Lipinski definition) is 0. The van der Waals surface area contributed by atoms with Crippen molar-refractivity contribution in [2.24, 2.45) is 0 Å². The Kier molecular flexibility index (Phi) is 8.54. The number of nitrogens with zero attached hydrogens (tertiary/aromatic N) is 1. The van der Waals surface area contributed by atoms with Crippen LogP contribution in [0.15, 0.2) is 54.6 Å². The van der Waals surface area contributed by atoms with Gasteiger partial charge in [-0.15, -0.1) is 0 Å². The van der Waals surface area contributed by atoms with E-state index < -0.39 is 0 Å². The fourth-order valence-corrected chi connectivity index (χ4v) is 5.27. The molecular formula is C32H44N+. The standard InChI is InChI=1S/C32H44N/c1-8-9-10-11-12-13-20-33(30-21-24(2)14-17-27(30)5,31-22-25(3)15-18-28(31)6)32-23-26(4)16-19-29(32)7/h14-19,21-23H,8-13,20H2,1-7H3/q+1. The molecular weight excluding hydrogens is 398 g/mol. The number of aryl methyl sites for hydroxylation is 6. The molecule has 3 aromatic carbocycles. The fraction of sp³-hybridized carbons (Fsp3) is 0.438. The van der Waals surface area contributed by atoms with Gasteiger partial charge in [-0.05, 0) is 71.1 Å². The summed E-state index contributed by atoms with van der Waals surface area (Å²) in [5.74, 6) is 0. The van der Waals surface area contributed by atoms with Gasteiger partial charge in [-0.1, -0.05) is 69.0 Å². The Balaban J connectivity index is 2.28. The molecule has 0 aliphatic carbocycles. The second-order valence-corrected chi connectivity index (χ2v) is 10.2. The zero-order valence-corrected chi connectivity index (χ0v) is 22.1. The minimum atomic E-state index is 0.808. The Morgan fingerprint density at radius 2 is 0.848 bits per heavy atom. The van der Waals surface area contributed by atoms with E-state index in [1.54, 1.807) is 0 Å². The van der Waals surface area contributed by atoms with Crippen LogP contribution < -0.4 is 4.48 Å². The summed E-state index contributed by atoms with van der Waals surface area (Å²) < 4.78 is 0.808. The summed E-state index contributed by atoms with van der Waals surface area (Å²) in [5, 5.41) is 0. The van der Waals surface area contributed by atoms with Crippen LogP contribution in [0.5, 0.6) is 0 Å². The SMILES string of the molecule is CCCCCCCC[N+](c1cc(C)ccc1C)(c1cc(C)ccc1C)c1cc(C)ccc1C. The maximum Gasteiger partial charge on any atom is 0.146 e. The second-order valence-electron chi connectivity index (χ2n) is 10.2. The number of benzene rings is 3. The van der Waals surface area contributed by atoms with Gasteiger partial charge in [0.25, 0.3) is 0 Å². The van der Waals surface area contributed by atoms with E-state index in [0.717, 1.165) is 11.0 Å². The Morgan fingerprint density at radius 3 is 1.24 bits per heavy atom. The first-order chi connectivity index (χ1) is 15.8. The molecule has 0 aliphatic heterocycles. The van der Waals surface area contributed by atoms with Crippen molar-refractivity contribution in [2.45, 2.75) is 87.0 Å². The fourth-order valence-electron chi connectivity index (χ4n) is 5.27. The highest BCUT2D eigenvalue weighted by Gasteiger charge is 2.40. The van der Waals surface area contributed by atoms with Gasteiger partial charge >= 0.3 is 0 Å². The summed E-state index contributed by atoms with van der Waals surface area (Å²) >= 11 is 0. The monoisotopic (exact) mass is 442 g/mol. The van der Waals surface area contributed by atoms with Gasteiger partial charge in [-0.25, -0.2) is 4.48 Å². The summed E-state index contributed by atoms with van der Waals surface area (Å²) in [6.45, 7) is 16.9. The molecule has 0 heterocycles. The molecule has 0 saturated carbocycles. The first-order valence-corrected chi connectivity index (χ1v) is 12.9. The Bertz CT molecular complexity index is 951. The second kappa shape index (κ2) is 11.2. The van der Waals surface area contributed by atoms with Crippen molar-refractivity contribution < 1.29 is 0 Å². The maximum atomic E-state index is 2.44. The van der Waals surface area contributed by atoms with E-state index in [1.807, 2.05) is 0 Å². The summed E-state index contributed by atoms with van der Waals surface area (Å²) in [6.07, 6.45) is 7.85. The van der Waals surface area contributed by atoms with Crippen LogP contribution in [-0.4, -0.2) is 6.54 Å². The van der Waals surface area contributed by atoms with E-state index in [1.165, 1.54) is 89.0 Å². The lowest BCUT2D eigenvalue weighted by molar-refractivity contribution is 0.470. The molecule has 0 saturated heterocycles. The molecule has 176 valence electrons. The highest BCUT2D eigenvalue weighted by atomic mass is 15.4. The van der Waals surface area contributed by atoms with Crippen LogP contribution in [0.3, 0.4) is 0 Å². The van der Waals surface area contributed by atoms with E-state index in [9.17, 15) is 0 Å². The third-order valence-electron chi connectivity index (χ3n) is 7.17. The van der Waals surface area contributed by atoms with Crippen molar-refractivity contribution in [3.8, 4) is 0 Å². The van der Waals surface area contributed by atoms with E-state index >= 15 is 0 Å². The number of quaternary nitrogens is 1. The molecule has 0 N–H and O–H groups in total. The third kappa shape index (κ3) is 5.58. The van der Waals surface area contributed by atoms with Gasteiger partial charge in [0.1, 0.15) is 17.1 Å². The molecule has 0 aromatic heterocycles. The first kappa shape index (κ1) is 25.2. The van der Waals surface area contributed by atoms with Crippen LogP contribution in [0.25, 0.3) is 0 Å². The van der Waals surface area contributed by atoms with Gasteiger partial charge in [0.2, 0.25) is 0 Å². The lowest BCUT2D eigenvalue weighted by atomic mass is 9.97. The Morgan fingerprint density at radius 1 is 0.485 bits per heavy atom. The van der Waals surface area contributed by atoms with Crippen LogP contribution in [-0.2, 0) is 0 Å². The van der Waals surface area contributed by atoms with Gasteiger partial charge in [0, 0.05) is 34.9 Å². The molecule has 1 heteroatoms. The average molecular weight is 443 g/mol.